The van der Waals surface area contributed by atoms with Gasteiger partial charge < -0.3 is 10.4 Å². The van der Waals surface area contributed by atoms with Crippen LogP contribution in [0.25, 0.3) is 0 Å². The molecule has 1 aliphatic carbocycles. The highest BCUT2D eigenvalue weighted by molar-refractivity contribution is 6.37. The fraction of sp³-hybridized carbons (Fsp3) is 0.467. The summed E-state index contributed by atoms with van der Waals surface area (Å²) in [5.74, 6) is -1.33. The monoisotopic (exact) mass is 329 g/mol. The Morgan fingerprint density at radius 3 is 2.43 bits per heavy atom. The molecule has 0 unspecified atom stereocenters. The first-order valence-corrected chi connectivity index (χ1v) is 7.69. The number of hydrogen-bond donors (Lipinski definition) is 2. The molecule has 2 rings (SSSR count). The van der Waals surface area contributed by atoms with E-state index >= 15 is 0 Å². The first kappa shape index (κ1) is 16.1. The van der Waals surface area contributed by atoms with Gasteiger partial charge in [-0.05, 0) is 31.4 Å². The minimum Gasteiger partial charge on any atom is -0.478 e. The number of amides is 1. The Morgan fingerprint density at radius 2 is 1.90 bits per heavy atom. The van der Waals surface area contributed by atoms with E-state index in [4.69, 9.17) is 23.2 Å². The van der Waals surface area contributed by atoms with E-state index < -0.39 is 11.4 Å². The summed E-state index contributed by atoms with van der Waals surface area (Å²) in [6.07, 6.45) is 4.40. The molecule has 0 radical (unpaired) electrons. The summed E-state index contributed by atoms with van der Waals surface area (Å²) in [7, 11) is 0. The number of anilines is 1. The van der Waals surface area contributed by atoms with Crippen molar-refractivity contribution in [1.29, 1.82) is 0 Å². The lowest BCUT2D eigenvalue weighted by Gasteiger charge is -2.26. The molecule has 1 aromatic carbocycles. The zero-order valence-corrected chi connectivity index (χ0v) is 13.2. The lowest BCUT2D eigenvalue weighted by Crippen LogP contribution is -2.33. The Morgan fingerprint density at radius 1 is 1.29 bits per heavy atom. The van der Waals surface area contributed by atoms with Gasteiger partial charge in [-0.3, -0.25) is 4.79 Å². The van der Waals surface area contributed by atoms with E-state index in [1.807, 2.05) is 6.92 Å². The predicted molar refractivity (Wildman–Crippen MR) is 83.2 cm³/mol. The number of carbonyl (C=O) groups excluding carboxylic acids is 1. The molecule has 0 spiro atoms. The fourth-order valence-electron chi connectivity index (χ4n) is 2.91. The van der Waals surface area contributed by atoms with Gasteiger partial charge in [0.1, 0.15) is 0 Å². The summed E-state index contributed by atoms with van der Waals surface area (Å²) in [6.45, 7) is 1.98. The number of carboxylic acids is 1. The Kier molecular flexibility index (Phi) is 4.79. The quantitative estimate of drug-likeness (QED) is 0.848. The van der Waals surface area contributed by atoms with Gasteiger partial charge in [0.15, 0.2) is 0 Å². The molecule has 1 aromatic rings. The molecule has 1 saturated carbocycles. The van der Waals surface area contributed by atoms with Gasteiger partial charge in [-0.2, -0.15) is 0 Å². The highest BCUT2D eigenvalue weighted by atomic mass is 35.5. The molecule has 1 amide bonds. The molecular formula is C15H17Cl2NO3. The second kappa shape index (κ2) is 6.24. The summed E-state index contributed by atoms with van der Waals surface area (Å²) >= 11 is 11.9. The summed E-state index contributed by atoms with van der Waals surface area (Å²) in [5, 5.41) is 12.3. The van der Waals surface area contributed by atoms with Crippen LogP contribution in [0.1, 0.15) is 49.4 Å². The average molecular weight is 330 g/mol. The molecule has 2 N–H and O–H groups in total. The molecule has 1 fully saturated rings. The van der Waals surface area contributed by atoms with E-state index in [9.17, 15) is 14.7 Å². The zero-order valence-electron chi connectivity index (χ0n) is 11.7. The Balaban J connectivity index is 2.35. The maximum absolute atomic E-state index is 12.6. The molecule has 114 valence electrons. The van der Waals surface area contributed by atoms with Crippen LogP contribution in [-0.4, -0.2) is 17.0 Å². The van der Waals surface area contributed by atoms with Gasteiger partial charge in [0.05, 0.1) is 16.3 Å². The van der Waals surface area contributed by atoms with Gasteiger partial charge >= 0.3 is 5.97 Å². The topological polar surface area (TPSA) is 66.4 Å². The Hall–Kier alpha value is -1.26. The maximum Gasteiger partial charge on any atom is 0.337 e. The minimum atomic E-state index is -1.17. The average Bonchev–Trinajstić information content (AvgIpc) is 2.91. The fourth-order valence-corrected chi connectivity index (χ4v) is 3.45. The van der Waals surface area contributed by atoms with Crippen LogP contribution in [0.5, 0.6) is 0 Å². The zero-order chi connectivity index (χ0) is 15.6. The van der Waals surface area contributed by atoms with Crippen LogP contribution >= 0.6 is 23.2 Å². The summed E-state index contributed by atoms with van der Waals surface area (Å²) in [6, 6.07) is 2.72. The smallest absolute Gasteiger partial charge is 0.337 e. The van der Waals surface area contributed by atoms with Crippen LogP contribution in [0.15, 0.2) is 12.1 Å². The molecular weight excluding hydrogens is 313 g/mol. The third kappa shape index (κ3) is 3.16. The molecule has 0 heterocycles. The first-order chi connectivity index (χ1) is 9.89. The Labute approximate surface area is 133 Å². The van der Waals surface area contributed by atoms with E-state index in [0.717, 1.165) is 32.1 Å². The highest BCUT2D eigenvalue weighted by Gasteiger charge is 2.39. The van der Waals surface area contributed by atoms with Gasteiger partial charge in [-0.15, -0.1) is 0 Å². The van der Waals surface area contributed by atoms with Gasteiger partial charge in [0, 0.05) is 10.4 Å². The summed E-state index contributed by atoms with van der Waals surface area (Å²) < 4.78 is 0. The van der Waals surface area contributed by atoms with Crippen LogP contribution in [0.2, 0.25) is 10.0 Å². The predicted octanol–water partition coefficient (Wildman–Crippen LogP) is 4.60. The molecule has 1 aliphatic rings. The number of hydrogen-bond acceptors (Lipinski definition) is 2. The number of halogens is 2. The van der Waals surface area contributed by atoms with E-state index in [1.54, 1.807) is 0 Å². The molecule has 0 bridgehead atoms. The van der Waals surface area contributed by atoms with Crippen molar-refractivity contribution >= 4 is 40.8 Å². The highest BCUT2D eigenvalue weighted by Crippen LogP contribution is 2.42. The van der Waals surface area contributed by atoms with Crippen molar-refractivity contribution in [3.05, 3.63) is 27.7 Å². The summed E-state index contributed by atoms with van der Waals surface area (Å²) in [4.78, 5) is 23.9. The molecule has 0 aromatic heterocycles. The van der Waals surface area contributed by atoms with E-state index in [0.29, 0.717) is 0 Å². The van der Waals surface area contributed by atoms with E-state index in [2.05, 4.69) is 5.32 Å². The second-order valence-corrected chi connectivity index (χ2v) is 6.25. The molecule has 0 aliphatic heterocycles. The van der Waals surface area contributed by atoms with Crippen LogP contribution in [-0.2, 0) is 4.79 Å². The largest absolute Gasteiger partial charge is 0.478 e. The molecule has 0 atom stereocenters. The lowest BCUT2D eigenvalue weighted by molar-refractivity contribution is -0.125. The number of aromatic carboxylic acids is 1. The van der Waals surface area contributed by atoms with E-state index in [-0.39, 0.29) is 27.2 Å². The van der Waals surface area contributed by atoms with Crippen LogP contribution in [0, 0.1) is 5.41 Å². The maximum atomic E-state index is 12.6. The number of benzene rings is 1. The van der Waals surface area contributed by atoms with Gasteiger partial charge in [0.2, 0.25) is 5.91 Å². The lowest BCUT2D eigenvalue weighted by atomic mass is 9.82. The molecule has 0 saturated heterocycles. The number of nitrogens with one attached hydrogen (secondary N) is 1. The van der Waals surface area contributed by atoms with Gasteiger partial charge in [-0.1, -0.05) is 43.0 Å². The number of carbonyl (C=O) groups is 2. The summed E-state index contributed by atoms with van der Waals surface area (Å²) in [5.41, 5.74) is -0.387. The normalized spacial score (nSPS) is 16.7. The molecule has 21 heavy (non-hydrogen) atoms. The third-order valence-electron chi connectivity index (χ3n) is 4.24. The first-order valence-electron chi connectivity index (χ1n) is 6.93. The third-order valence-corrected chi connectivity index (χ3v) is 4.76. The standard InChI is InChI=1S/C15H17Cl2NO3/c1-2-15(5-3-4-6-15)14(21)18-12-10(13(19)20)7-9(16)8-11(12)17/h7-8H,2-6H2,1H3,(H,18,21)(H,19,20). The van der Waals surface area contributed by atoms with Crippen molar-refractivity contribution in [1.82, 2.24) is 0 Å². The van der Waals surface area contributed by atoms with Gasteiger partial charge in [0.25, 0.3) is 0 Å². The molecule has 4 nitrogen and oxygen atoms in total. The number of carboxylic acid groups (broad SMARTS) is 1. The van der Waals surface area contributed by atoms with Crippen molar-refractivity contribution in [2.75, 3.05) is 5.32 Å². The molecule has 6 heteroatoms. The van der Waals surface area contributed by atoms with Gasteiger partial charge in [-0.25, -0.2) is 4.79 Å². The van der Waals surface area contributed by atoms with Crippen LogP contribution in [0.3, 0.4) is 0 Å². The Bertz CT molecular complexity index is 581. The SMILES string of the molecule is CCC1(C(=O)Nc2c(Cl)cc(Cl)cc2C(=O)O)CCCC1. The van der Waals surface area contributed by atoms with Crippen LogP contribution in [0.4, 0.5) is 5.69 Å². The number of rotatable bonds is 4. The minimum absolute atomic E-state index is 0.0925. The second-order valence-electron chi connectivity index (χ2n) is 5.41. The van der Waals surface area contributed by atoms with Crippen molar-refractivity contribution in [3.63, 3.8) is 0 Å². The van der Waals surface area contributed by atoms with Crippen LogP contribution < -0.4 is 5.32 Å². The van der Waals surface area contributed by atoms with Crippen molar-refractivity contribution in [3.8, 4) is 0 Å². The van der Waals surface area contributed by atoms with Crippen molar-refractivity contribution in [2.24, 2.45) is 5.41 Å². The van der Waals surface area contributed by atoms with Crippen molar-refractivity contribution < 1.29 is 14.7 Å². The van der Waals surface area contributed by atoms with Crippen molar-refractivity contribution in [2.45, 2.75) is 39.0 Å². The van der Waals surface area contributed by atoms with E-state index in [1.165, 1.54) is 12.1 Å².